The summed E-state index contributed by atoms with van der Waals surface area (Å²) >= 11 is 0. The molecule has 0 saturated carbocycles. The number of likely N-dealkylation sites (tertiary alicyclic amines) is 1. The molecule has 1 unspecified atom stereocenters. The molecule has 4 heterocycles. The van der Waals surface area contributed by atoms with E-state index in [1.807, 2.05) is 24.4 Å². The zero-order chi connectivity index (χ0) is 17.2. The van der Waals surface area contributed by atoms with Crippen LogP contribution in [0.25, 0.3) is 11.2 Å². The maximum absolute atomic E-state index is 12.3. The lowest BCUT2D eigenvalue weighted by Crippen LogP contribution is -2.41. The fourth-order valence-electron chi connectivity index (χ4n) is 3.64. The maximum atomic E-state index is 12.3. The first-order chi connectivity index (χ1) is 12.2. The van der Waals surface area contributed by atoms with Crippen molar-refractivity contribution in [3.63, 3.8) is 0 Å². The summed E-state index contributed by atoms with van der Waals surface area (Å²) in [5.41, 5.74) is 1.42. The van der Waals surface area contributed by atoms with Gasteiger partial charge in [-0.2, -0.15) is 5.10 Å². The summed E-state index contributed by atoms with van der Waals surface area (Å²) in [6.07, 6.45) is 6.58. The van der Waals surface area contributed by atoms with Crippen LogP contribution in [0.1, 0.15) is 18.9 Å². The summed E-state index contributed by atoms with van der Waals surface area (Å²) < 4.78 is 3.53. The first kappa shape index (κ1) is 16.0. The van der Waals surface area contributed by atoms with Crippen molar-refractivity contribution in [2.24, 2.45) is 0 Å². The Morgan fingerprint density at radius 3 is 2.84 bits per heavy atom. The molecule has 25 heavy (non-hydrogen) atoms. The van der Waals surface area contributed by atoms with E-state index in [1.54, 1.807) is 21.6 Å². The highest BCUT2D eigenvalue weighted by atomic mass is 16.3. The molecular formula is C17H22N6O2. The van der Waals surface area contributed by atoms with E-state index in [1.165, 1.54) is 0 Å². The number of nitrogens with one attached hydrogen (secondary N) is 1. The van der Waals surface area contributed by atoms with Crippen molar-refractivity contribution in [1.29, 1.82) is 0 Å². The molecule has 1 atom stereocenters. The number of nitrogens with zero attached hydrogens (tertiary/aromatic N) is 5. The van der Waals surface area contributed by atoms with Crippen LogP contribution >= 0.6 is 0 Å². The topological polar surface area (TPSA) is 92.0 Å². The Morgan fingerprint density at radius 1 is 1.24 bits per heavy atom. The highest BCUT2D eigenvalue weighted by molar-refractivity contribution is 5.70. The third-order valence-electron chi connectivity index (χ3n) is 4.82. The number of aromatic amines is 1. The molecule has 8 heteroatoms. The number of pyridine rings is 1. The van der Waals surface area contributed by atoms with Gasteiger partial charge in [0.2, 0.25) is 0 Å². The van der Waals surface area contributed by atoms with Gasteiger partial charge in [-0.25, -0.2) is 9.78 Å². The molecule has 0 aromatic carbocycles. The molecule has 0 spiro atoms. The first-order valence-electron chi connectivity index (χ1n) is 8.64. The summed E-state index contributed by atoms with van der Waals surface area (Å²) in [7, 11) is 0. The van der Waals surface area contributed by atoms with E-state index < -0.39 is 6.10 Å². The van der Waals surface area contributed by atoms with Crippen LogP contribution in [0.15, 0.2) is 41.6 Å². The summed E-state index contributed by atoms with van der Waals surface area (Å²) in [5, 5.41) is 14.4. The van der Waals surface area contributed by atoms with Crippen molar-refractivity contribution < 1.29 is 5.11 Å². The Bertz CT molecular complexity index is 876. The van der Waals surface area contributed by atoms with Crippen molar-refractivity contribution in [3.05, 3.63) is 47.3 Å². The summed E-state index contributed by atoms with van der Waals surface area (Å²) in [4.78, 5) is 21.8. The third kappa shape index (κ3) is 3.35. The van der Waals surface area contributed by atoms with Crippen molar-refractivity contribution in [3.8, 4) is 0 Å². The molecule has 1 fully saturated rings. The van der Waals surface area contributed by atoms with Crippen molar-refractivity contribution >= 4 is 11.2 Å². The Hall–Kier alpha value is -2.45. The lowest BCUT2D eigenvalue weighted by molar-refractivity contribution is 0.0770. The van der Waals surface area contributed by atoms with E-state index in [0.717, 1.165) is 37.1 Å². The van der Waals surface area contributed by atoms with Gasteiger partial charge in [-0.3, -0.25) is 9.25 Å². The zero-order valence-electron chi connectivity index (χ0n) is 14.0. The molecule has 2 N–H and O–H groups in total. The second kappa shape index (κ2) is 6.81. The van der Waals surface area contributed by atoms with Gasteiger partial charge in [-0.05, 0) is 31.0 Å². The summed E-state index contributed by atoms with van der Waals surface area (Å²) in [6.45, 7) is 2.83. The quantitative estimate of drug-likeness (QED) is 0.709. The van der Waals surface area contributed by atoms with Gasteiger partial charge in [0.05, 0.1) is 18.2 Å². The van der Waals surface area contributed by atoms with E-state index >= 15 is 0 Å². The number of aliphatic hydroxyl groups excluding tert-OH is 1. The number of fused-ring (bicyclic) bond motifs is 1. The van der Waals surface area contributed by atoms with Crippen molar-refractivity contribution in [1.82, 2.24) is 29.2 Å². The molecule has 0 bridgehead atoms. The summed E-state index contributed by atoms with van der Waals surface area (Å²) in [5.74, 6) is 0. The second-order valence-corrected chi connectivity index (χ2v) is 6.59. The van der Waals surface area contributed by atoms with E-state index in [4.69, 9.17) is 0 Å². The minimum absolute atomic E-state index is 0.0918. The summed E-state index contributed by atoms with van der Waals surface area (Å²) in [6, 6.07) is 5.70. The fourth-order valence-corrected chi connectivity index (χ4v) is 3.64. The van der Waals surface area contributed by atoms with Gasteiger partial charge >= 0.3 is 5.69 Å². The van der Waals surface area contributed by atoms with Crippen molar-refractivity contribution in [2.75, 3.05) is 19.6 Å². The average molecular weight is 342 g/mol. The largest absolute Gasteiger partial charge is 0.390 e. The zero-order valence-corrected chi connectivity index (χ0v) is 14.0. The van der Waals surface area contributed by atoms with Crippen LogP contribution in [-0.4, -0.2) is 60.1 Å². The smallest absolute Gasteiger partial charge is 0.327 e. The number of H-pyrrole nitrogens is 1. The van der Waals surface area contributed by atoms with Crippen LogP contribution in [0, 0.1) is 0 Å². The van der Waals surface area contributed by atoms with Crippen LogP contribution in [0.3, 0.4) is 0 Å². The predicted octanol–water partition coefficient (Wildman–Crippen LogP) is 0.619. The Morgan fingerprint density at radius 2 is 2.08 bits per heavy atom. The molecule has 0 amide bonds. The standard InChI is InChI=1S/C17H22N6O2/c24-14(12-22-8-2-7-19-22)11-21-9-4-13(5-10-21)23-16-15(20-17(23)25)3-1-6-18-16/h1-3,6-8,13-14,24H,4-5,9-12H2,(H,20,25). The molecule has 1 aliphatic heterocycles. The second-order valence-electron chi connectivity index (χ2n) is 6.59. The molecule has 0 aliphatic carbocycles. The normalized spacial score (nSPS) is 18.0. The molecule has 132 valence electrons. The molecule has 8 nitrogen and oxygen atoms in total. The number of hydrogen-bond donors (Lipinski definition) is 2. The first-order valence-corrected chi connectivity index (χ1v) is 8.64. The Kier molecular flexibility index (Phi) is 4.37. The SMILES string of the molecule is O=c1[nH]c2cccnc2n1C1CCN(CC(O)Cn2cccn2)CC1. The minimum Gasteiger partial charge on any atom is -0.390 e. The monoisotopic (exact) mass is 342 g/mol. The van der Waals surface area contributed by atoms with Gasteiger partial charge in [-0.15, -0.1) is 0 Å². The minimum atomic E-state index is -0.450. The van der Waals surface area contributed by atoms with Crippen LogP contribution in [0.5, 0.6) is 0 Å². The van der Waals surface area contributed by atoms with E-state index in [9.17, 15) is 9.90 Å². The number of rotatable bonds is 5. The molecule has 0 radical (unpaired) electrons. The van der Waals surface area contributed by atoms with Crippen molar-refractivity contribution in [2.45, 2.75) is 31.5 Å². The molecular weight excluding hydrogens is 320 g/mol. The molecule has 4 rings (SSSR count). The van der Waals surface area contributed by atoms with Crippen LogP contribution in [0.2, 0.25) is 0 Å². The maximum Gasteiger partial charge on any atom is 0.327 e. The van der Waals surface area contributed by atoms with Gasteiger partial charge in [0.15, 0.2) is 5.65 Å². The fraction of sp³-hybridized carbons (Fsp3) is 0.471. The van der Waals surface area contributed by atoms with Crippen LogP contribution in [-0.2, 0) is 6.54 Å². The van der Waals surface area contributed by atoms with Gasteiger partial charge < -0.3 is 15.0 Å². The number of hydrogen-bond acceptors (Lipinski definition) is 5. The van der Waals surface area contributed by atoms with Gasteiger partial charge in [0.25, 0.3) is 0 Å². The molecule has 3 aromatic rings. The van der Waals surface area contributed by atoms with Crippen LogP contribution < -0.4 is 5.69 Å². The molecule has 1 aliphatic rings. The number of β-amino-alcohol motifs (C(OH)–C–C–N with tert-alkyl or cyclic N) is 1. The lowest BCUT2D eigenvalue weighted by atomic mass is 10.0. The number of imidazole rings is 1. The van der Waals surface area contributed by atoms with Gasteiger partial charge in [0, 0.05) is 44.3 Å². The number of aromatic nitrogens is 5. The van der Waals surface area contributed by atoms with E-state index in [-0.39, 0.29) is 11.7 Å². The van der Waals surface area contributed by atoms with E-state index in [0.29, 0.717) is 13.1 Å². The number of piperidine rings is 1. The van der Waals surface area contributed by atoms with E-state index in [2.05, 4.69) is 20.0 Å². The average Bonchev–Trinajstić information content (AvgIpc) is 3.22. The lowest BCUT2D eigenvalue weighted by Gasteiger charge is -2.33. The third-order valence-corrected chi connectivity index (χ3v) is 4.82. The Balaban J connectivity index is 1.38. The molecule has 3 aromatic heterocycles. The number of aliphatic hydroxyl groups is 1. The van der Waals surface area contributed by atoms with Gasteiger partial charge in [-0.1, -0.05) is 0 Å². The van der Waals surface area contributed by atoms with Gasteiger partial charge in [0.1, 0.15) is 0 Å². The molecule has 1 saturated heterocycles. The highest BCUT2D eigenvalue weighted by Crippen LogP contribution is 2.24. The van der Waals surface area contributed by atoms with Crippen LogP contribution in [0.4, 0.5) is 0 Å². The highest BCUT2D eigenvalue weighted by Gasteiger charge is 2.25. The predicted molar refractivity (Wildman–Crippen MR) is 93.3 cm³/mol. The Labute approximate surface area is 144 Å².